The molecule has 1 atom stereocenters. The number of carbonyl (C=O) groups excluding carboxylic acids is 1. The maximum atomic E-state index is 11.6. The van der Waals surface area contributed by atoms with Gasteiger partial charge in [-0.3, -0.25) is 9.36 Å². The number of rotatable bonds is 5. The Morgan fingerprint density at radius 2 is 2.18 bits per heavy atom. The highest BCUT2D eigenvalue weighted by Crippen LogP contribution is 2.31. The summed E-state index contributed by atoms with van der Waals surface area (Å²) in [6.07, 6.45) is 2.47. The molecule has 3 rings (SSSR count). The van der Waals surface area contributed by atoms with Gasteiger partial charge in [0.1, 0.15) is 5.25 Å². The summed E-state index contributed by atoms with van der Waals surface area (Å²) in [5.41, 5.74) is 0.916. The molecular weight excluding hydrogens is 322 g/mol. The van der Waals surface area contributed by atoms with E-state index in [9.17, 15) is 4.79 Å². The summed E-state index contributed by atoms with van der Waals surface area (Å²) in [5, 5.41) is 9.61. The average molecular weight is 336 g/mol. The smallest absolute Gasteiger partial charge is 0.319 e. The van der Waals surface area contributed by atoms with Gasteiger partial charge in [0.2, 0.25) is 0 Å². The van der Waals surface area contributed by atoms with Gasteiger partial charge in [-0.15, -0.1) is 16.8 Å². The standard InChI is InChI=1S/C15H14ClN3O2S/c1-2-8-19-13(10-3-5-11(16)6-4-10)17-18-15(19)22-12-7-9-21-14(12)20/h2-6,12H,1,7-9H2/t12-/m0/s1. The third-order valence-electron chi connectivity index (χ3n) is 3.27. The van der Waals surface area contributed by atoms with Gasteiger partial charge in [-0.2, -0.15) is 0 Å². The van der Waals surface area contributed by atoms with Crippen molar-refractivity contribution in [2.24, 2.45) is 0 Å². The van der Waals surface area contributed by atoms with E-state index < -0.39 is 0 Å². The molecule has 1 aliphatic rings. The van der Waals surface area contributed by atoms with Crippen LogP contribution >= 0.6 is 23.4 Å². The van der Waals surface area contributed by atoms with E-state index in [0.29, 0.717) is 29.8 Å². The van der Waals surface area contributed by atoms with Crippen molar-refractivity contribution in [1.29, 1.82) is 0 Å². The number of carbonyl (C=O) groups is 1. The number of hydrogen-bond donors (Lipinski definition) is 0. The van der Waals surface area contributed by atoms with Crippen LogP contribution in [0.1, 0.15) is 6.42 Å². The quantitative estimate of drug-likeness (QED) is 0.620. The monoisotopic (exact) mass is 335 g/mol. The topological polar surface area (TPSA) is 57.0 Å². The van der Waals surface area contributed by atoms with Crippen LogP contribution in [0.2, 0.25) is 5.02 Å². The van der Waals surface area contributed by atoms with Gasteiger partial charge >= 0.3 is 5.97 Å². The summed E-state index contributed by atoms with van der Waals surface area (Å²) in [6, 6.07) is 7.41. The molecule has 1 saturated heterocycles. The number of hydrogen-bond acceptors (Lipinski definition) is 5. The van der Waals surface area contributed by atoms with E-state index in [2.05, 4.69) is 16.8 Å². The van der Waals surface area contributed by atoms with Gasteiger partial charge < -0.3 is 4.74 Å². The van der Waals surface area contributed by atoms with E-state index in [1.807, 2.05) is 28.8 Å². The summed E-state index contributed by atoms with van der Waals surface area (Å²) < 4.78 is 6.93. The van der Waals surface area contributed by atoms with Crippen molar-refractivity contribution in [3.05, 3.63) is 41.9 Å². The Labute approximate surface area is 137 Å². The first kappa shape index (κ1) is 15.1. The third-order valence-corrected chi connectivity index (χ3v) is 4.74. The van der Waals surface area contributed by atoms with Gasteiger partial charge in [0.25, 0.3) is 0 Å². The fourth-order valence-corrected chi connectivity index (χ4v) is 3.33. The van der Waals surface area contributed by atoms with Gasteiger partial charge in [-0.25, -0.2) is 0 Å². The van der Waals surface area contributed by atoms with E-state index in [4.69, 9.17) is 16.3 Å². The zero-order chi connectivity index (χ0) is 15.5. The summed E-state index contributed by atoms with van der Waals surface area (Å²) in [4.78, 5) is 11.6. The molecule has 7 heteroatoms. The predicted molar refractivity (Wildman–Crippen MR) is 85.9 cm³/mol. The summed E-state index contributed by atoms with van der Waals surface area (Å²) >= 11 is 7.31. The number of benzene rings is 1. The van der Waals surface area contributed by atoms with Crippen LogP contribution in [0.4, 0.5) is 0 Å². The fraction of sp³-hybridized carbons (Fsp3) is 0.267. The Bertz CT molecular complexity index is 699. The van der Waals surface area contributed by atoms with Gasteiger partial charge in [0.15, 0.2) is 11.0 Å². The van der Waals surface area contributed by atoms with Crippen molar-refractivity contribution in [3.8, 4) is 11.4 Å². The number of halogens is 1. The SMILES string of the molecule is C=CCn1c(S[C@H]2CCOC2=O)nnc1-c1ccc(Cl)cc1. The van der Waals surface area contributed by atoms with Crippen LogP contribution in [-0.4, -0.2) is 32.6 Å². The highest BCUT2D eigenvalue weighted by atomic mass is 35.5. The van der Waals surface area contributed by atoms with Crippen LogP contribution < -0.4 is 0 Å². The molecule has 0 radical (unpaired) electrons. The molecule has 0 amide bonds. The Morgan fingerprint density at radius 3 is 2.82 bits per heavy atom. The zero-order valence-electron chi connectivity index (χ0n) is 11.7. The van der Waals surface area contributed by atoms with Gasteiger partial charge in [0.05, 0.1) is 6.61 Å². The van der Waals surface area contributed by atoms with Crippen LogP contribution in [0, 0.1) is 0 Å². The lowest BCUT2D eigenvalue weighted by Gasteiger charge is -2.09. The summed E-state index contributed by atoms with van der Waals surface area (Å²) in [5.74, 6) is 0.539. The maximum absolute atomic E-state index is 11.6. The minimum atomic E-state index is -0.217. The average Bonchev–Trinajstić information content (AvgIpc) is 3.09. The first-order valence-electron chi connectivity index (χ1n) is 6.82. The predicted octanol–water partition coefficient (Wildman–Crippen LogP) is 3.19. The van der Waals surface area contributed by atoms with Crippen LogP contribution in [0.15, 0.2) is 42.1 Å². The Morgan fingerprint density at radius 1 is 1.41 bits per heavy atom. The highest BCUT2D eigenvalue weighted by molar-refractivity contribution is 8.00. The molecule has 114 valence electrons. The van der Waals surface area contributed by atoms with Crippen LogP contribution in [0.25, 0.3) is 11.4 Å². The number of nitrogens with zero attached hydrogens (tertiary/aromatic N) is 3. The number of esters is 1. The second-order valence-electron chi connectivity index (χ2n) is 4.78. The first-order valence-corrected chi connectivity index (χ1v) is 8.08. The van der Waals surface area contributed by atoms with Gasteiger partial charge in [0, 0.05) is 23.6 Å². The maximum Gasteiger partial charge on any atom is 0.319 e. The second kappa shape index (κ2) is 6.54. The Hall–Kier alpha value is -1.79. The molecule has 1 aromatic heterocycles. The molecule has 0 bridgehead atoms. The van der Waals surface area contributed by atoms with E-state index in [1.165, 1.54) is 11.8 Å². The molecule has 2 aromatic rings. The van der Waals surface area contributed by atoms with Crippen molar-refractivity contribution in [2.75, 3.05) is 6.61 Å². The molecular formula is C15H14ClN3O2S. The number of allylic oxidation sites excluding steroid dienone is 1. The van der Waals surface area contributed by atoms with Gasteiger partial charge in [-0.05, 0) is 24.3 Å². The molecule has 0 spiro atoms. The molecule has 1 aliphatic heterocycles. The van der Waals surface area contributed by atoms with Crippen molar-refractivity contribution < 1.29 is 9.53 Å². The van der Waals surface area contributed by atoms with Crippen LogP contribution in [0.5, 0.6) is 0 Å². The number of aromatic nitrogens is 3. The summed E-state index contributed by atoms with van der Waals surface area (Å²) in [6.45, 7) is 4.81. The van der Waals surface area contributed by atoms with E-state index in [0.717, 1.165) is 11.4 Å². The number of ether oxygens (including phenoxy) is 1. The Kier molecular flexibility index (Phi) is 4.49. The lowest BCUT2D eigenvalue weighted by Crippen LogP contribution is -2.11. The lowest BCUT2D eigenvalue weighted by molar-refractivity contribution is -0.137. The molecule has 0 N–H and O–H groups in total. The molecule has 5 nitrogen and oxygen atoms in total. The van der Waals surface area contributed by atoms with Gasteiger partial charge in [-0.1, -0.05) is 29.4 Å². The zero-order valence-corrected chi connectivity index (χ0v) is 13.3. The van der Waals surface area contributed by atoms with Crippen molar-refractivity contribution in [1.82, 2.24) is 14.8 Å². The molecule has 22 heavy (non-hydrogen) atoms. The van der Waals surface area contributed by atoms with Crippen molar-refractivity contribution in [3.63, 3.8) is 0 Å². The highest BCUT2D eigenvalue weighted by Gasteiger charge is 2.29. The molecule has 1 aromatic carbocycles. The lowest BCUT2D eigenvalue weighted by atomic mass is 10.2. The minimum absolute atomic E-state index is 0.189. The molecule has 0 aliphatic carbocycles. The molecule has 1 fully saturated rings. The van der Waals surface area contributed by atoms with Crippen molar-refractivity contribution in [2.45, 2.75) is 23.4 Å². The minimum Gasteiger partial charge on any atom is -0.465 e. The number of thioether (sulfide) groups is 1. The first-order chi connectivity index (χ1) is 10.7. The van der Waals surface area contributed by atoms with Crippen LogP contribution in [0.3, 0.4) is 0 Å². The van der Waals surface area contributed by atoms with E-state index in [-0.39, 0.29) is 11.2 Å². The molecule has 0 unspecified atom stereocenters. The van der Waals surface area contributed by atoms with Crippen LogP contribution in [-0.2, 0) is 16.1 Å². The summed E-state index contributed by atoms with van der Waals surface area (Å²) in [7, 11) is 0. The third kappa shape index (κ3) is 3.03. The van der Waals surface area contributed by atoms with E-state index >= 15 is 0 Å². The van der Waals surface area contributed by atoms with Crippen molar-refractivity contribution >= 4 is 29.3 Å². The Balaban J connectivity index is 1.92. The molecule has 2 heterocycles. The molecule has 0 saturated carbocycles. The second-order valence-corrected chi connectivity index (χ2v) is 6.38. The largest absolute Gasteiger partial charge is 0.465 e. The number of cyclic esters (lactones) is 1. The fourth-order valence-electron chi connectivity index (χ4n) is 2.19. The normalized spacial score (nSPS) is 17.5. The van der Waals surface area contributed by atoms with E-state index in [1.54, 1.807) is 6.08 Å².